The van der Waals surface area contributed by atoms with Crippen LogP contribution in [0.2, 0.25) is 0 Å². The molecule has 0 aliphatic heterocycles. The molecule has 0 aromatic rings. The summed E-state index contributed by atoms with van der Waals surface area (Å²) in [7, 11) is 0. The van der Waals surface area contributed by atoms with Crippen molar-refractivity contribution in [3.05, 3.63) is 6.92 Å². The molecule has 0 bridgehead atoms. The van der Waals surface area contributed by atoms with E-state index in [2.05, 4.69) is 13.8 Å². The molecular weight excluding hydrogens is 245 g/mol. The van der Waals surface area contributed by atoms with Gasteiger partial charge >= 0.3 is 40.6 Å². The summed E-state index contributed by atoms with van der Waals surface area (Å²) in [5.41, 5.74) is 0. The zero-order valence-corrected chi connectivity index (χ0v) is 10.7. The summed E-state index contributed by atoms with van der Waals surface area (Å²) in [5, 5.41) is 0. The van der Waals surface area contributed by atoms with Crippen LogP contribution in [0.25, 0.3) is 0 Å². The third kappa shape index (κ3) is 77.9. The van der Waals surface area contributed by atoms with Crippen LogP contribution in [0.5, 0.6) is 0 Å². The molecule has 0 unspecified atom stereocenters. The third-order valence-corrected chi connectivity index (χ3v) is 0.354. The predicted molar refractivity (Wildman–Crippen MR) is 21.4 cm³/mol. The number of hydrogen-bond acceptors (Lipinski definition) is 0. The van der Waals surface area contributed by atoms with Gasteiger partial charge in [0.25, 0.3) is 0 Å². The van der Waals surface area contributed by atoms with E-state index in [0.29, 0.717) is 0 Å². The zero-order valence-electron chi connectivity index (χ0n) is 7.13. The zero-order chi connectivity index (χ0) is 3.41. The van der Waals surface area contributed by atoms with Crippen LogP contribution in [0.15, 0.2) is 0 Å². The molecule has 0 nitrogen and oxygen atoms in total. The van der Waals surface area contributed by atoms with Crippen LogP contribution in [-0.4, -0.2) is 0 Å². The number of unbranched alkanes of at least 4 members (excludes halogenated alkanes) is 1. The van der Waals surface area contributed by atoms with Gasteiger partial charge in [0.1, 0.15) is 0 Å². The van der Waals surface area contributed by atoms with Crippen molar-refractivity contribution in [2.75, 3.05) is 0 Å². The van der Waals surface area contributed by atoms with Crippen molar-refractivity contribution >= 4 is 0 Å². The second-order valence-corrected chi connectivity index (χ2v) is 0.854. The normalized spacial score (nSPS) is 3.00. The molecular formula is C4H10Cl4LiTi-. The van der Waals surface area contributed by atoms with Crippen LogP contribution >= 0.6 is 0 Å². The Kier molecular flexibility index (Phi) is 345. The van der Waals surface area contributed by atoms with E-state index in [1.54, 1.807) is 0 Å². The van der Waals surface area contributed by atoms with Gasteiger partial charge in [-0.3, -0.25) is 0 Å². The van der Waals surface area contributed by atoms with Gasteiger partial charge in [-0.2, -0.15) is 6.42 Å². The Labute approximate surface area is 117 Å². The van der Waals surface area contributed by atoms with Gasteiger partial charge in [0.2, 0.25) is 0 Å². The van der Waals surface area contributed by atoms with Crippen molar-refractivity contribution in [3.8, 4) is 0 Å². The van der Waals surface area contributed by atoms with E-state index in [1.807, 2.05) is 0 Å². The first-order chi connectivity index (χ1) is 1.91. The summed E-state index contributed by atoms with van der Waals surface area (Å²) in [6.45, 7) is 5.72. The van der Waals surface area contributed by atoms with Gasteiger partial charge in [0.05, 0.1) is 0 Å². The Morgan fingerprint density at radius 3 is 1.20 bits per heavy atom. The van der Waals surface area contributed by atoms with Crippen LogP contribution in [-0.2, 0) is 21.7 Å². The Balaban J connectivity index is -0.00000000214. The molecule has 0 spiro atoms. The van der Waals surface area contributed by atoms with E-state index in [4.69, 9.17) is 0 Å². The molecule has 0 aromatic heterocycles. The standard InChI is InChI=1S/C4H9.4ClH.Li.Ti.H/c1-3-4-2;;;;;;;/h1,3-4H2,2H3;4*1H;;;/q-1;;;;;+1;+4;-1/p-4. The van der Waals surface area contributed by atoms with Crippen molar-refractivity contribution in [2.45, 2.75) is 19.8 Å². The van der Waals surface area contributed by atoms with Crippen molar-refractivity contribution in [1.82, 2.24) is 0 Å². The summed E-state index contributed by atoms with van der Waals surface area (Å²) in [6, 6.07) is 0. The monoisotopic (exact) mass is 253 g/mol. The van der Waals surface area contributed by atoms with Gasteiger partial charge < -0.3 is 58.0 Å². The molecule has 0 fully saturated rings. The largest absolute Gasteiger partial charge is 4.00 e. The molecule has 60 valence electrons. The Morgan fingerprint density at radius 1 is 1.10 bits per heavy atom. The maximum Gasteiger partial charge on any atom is 4.00 e. The van der Waals surface area contributed by atoms with E-state index < -0.39 is 0 Å². The first-order valence-corrected chi connectivity index (χ1v) is 1.71. The van der Waals surface area contributed by atoms with Crippen LogP contribution < -0.4 is 68.5 Å². The predicted octanol–water partition coefficient (Wildman–Crippen LogP) is -13.2. The van der Waals surface area contributed by atoms with Gasteiger partial charge in [-0.1, -0.05) is 13.3 Å². The SMILES string of the molecule is [CH2-]CCC.[Cl-].[Cl-].[Cl-].[Cl-].[H-].[Li+].[Ti+4]. The summed E-state index contributed by atoms with van der Waals surface area (Å²) in [5.74, 6) is 0. The van der Waals surface area contributed by atoms with Gasteiger partial charge in [-0.05, 0) is 0 Å². The average molecular weight is 255 g/mol. The van der Waals surface area contributed by atoms with Crippen molar-refractivity contribution in [3.63, 3.8) is 0 Å². The number of halogens is 4. The second-order valence-electron chi connectivity index (χ2n) is 0.854. The second kappa shape index (κ2) is 62.9. The quantitative estimate of drug-likeness (QED) is 0.322. The molecule has 6 heteroatoms. The van der Waals surface area contributed by atoms with E-state index in [-0.39, 0.29) is 91.6 Å². The fourth-order valence-electron chi connectivity index (χ4n) is 0. The van der Waals surface area contributed by atoms with Crippen LogP contribution in [0.4, 0.5) is 0 Å². The van der Waals surface area contributed by atoms with Crippen molar-refractivity contribution in [1.29, 1.82) is 0 Å². The van der Waals surface area contributed by atoms with E-state index >= 15 is 0 Å². The van der Waals surface area contributed by atoms with E-state index in [0.717, 1.165) is 6.42 Å². The molecule has 0 aliphatic carbocycles. The average Bonchev–Trinajstić information content (AvgIpc) is 1.37. The molecule has 0 saturated heterocycles. The first-order valence-electron chi connectivity index (χ1n) is 1.71. The van der Waals surface area contributed by atoms with Gasteiger partial charge in [0.15, 0.2) is 0 Å². The minimum absolute atomic E-state index is 0. The van der Waals surface area contributed by atoms with Gasteiger partial charge in [-0.25, -0.2) is 0 Å². The van der Waals surface area contributed by atoms with Crippen LogP contribution in [0, 0.1) is 6.92 Å². The minimum atomic E-state index is 0. The molecule has 0 N–H and O–H groups in total. The van der Waals surface area contributed by atoms with E-state index in [1.165, 1.54) is 6.42 Å². The topological polar surface area (TPSA) is 0 Å². The number of rotatable bonds is 1. The Morgan fingerprint density at radius 2 is 1.20 bits per heavy atom. The van der Waals surface area contributed by atoms with Crippen molar-refractivity contribution in [2.24, 2.45) is 0 Å². The maximum absolute atomic E-state index is 3.60. The van der Waals surface area contributed by atoms with Crippen LogP contribution in [0.3, 0.4) is 0 Å². The molecule has 0 aromatic carbocycles. The fourth-order valence-corrected chi connectivity index (χ4v) is 0. The molecule has 10 heavy (non-hydrogen) atoms. The third-order valence-electron chi connectivity index (χ3n) is 0.354. The smallest absolute Gasteiger partial charge is 1.00 e. The summed E-state index contributed by atoms with van der Waals surface area (Å²) < 4.78 is 0. The first kappa shape index (κ1) is 54.8. The van der Waals surface area contributed by atoms with E-state index in [9.17, 15) is 0 Å². The molecule has 0 aliphatic rings. The molecule has 0 amide bonds. The van der Waals surface area contributed by atoms with Gasteiger partial charge in [-0.15, -0.1) is 0 Å². The molecule has 0 atom stereocenters. The van der Waals surface area contributed by atoms with Crippen molar-refractivity contribution < 1.29 is 91.6 Å². The summed E-state index contributed by atoms with van der Waals surface area (Å²) in [6.07, 6.45) is 2.28. The Hall–Kier alpha value is 2.47. The Bertz CT molecular complexity index is 24.1. The fraction of sp³-hybridized carbons (Fsp3) is 0.750. The molecule has 0 heterocycles. The minimum Gasteiger partial charge on any atom is -1.00 e. The van der Waals surface area contributed by atoms with Gasteiger partial charge in [0, 0.05) is 0 Å². The van der Waals surface area contributed by atoms with Crippen LogP contribution in [0.1, 0.15) is 21.2 Å². The summed E-state index contributed by atoms with van der Waals surface area (Å²) >= 11 is 0. The molecule has 0 saturated carbocycles. The molecule has 0 radical (unpaired) electrons. The molecule has 0 rings (SSSR count). The maximum atomic E-state index is 3.60. The number of hydrogen-bond donors (Lipinski definition) is 0. The summed E-state index contributed by atoms with van der Waals surface area (Å²) in [4.78, 5) is 0.